The summed E-state index contributed by atoms with van der Waals surface area (Å²) in [5.41, 5.74) is 6.95. The Kier molecular flexibility index (Phi) is 3.73. The summed E-state index contributed by atoms with van der Waals surface area (Å²) in [6.45, 7) is 3.22. The molecule has 0 radical (unpaired) electrons. The van der Waals surface area contributed by atoms with Crippen molar-refractivity contribution in [2.45, 2.75) is 6.42 Å². The first-order chi connectivity index (χ1) is 9.72. The fraction of sp³-hybridized carbons (Fsp3) is 0.429. The average molecular weight is 289 g/mol. The molecule has 106 valence electrons. The van der Waals surface area contributed by atoms with Gasteiger partial charge in [0.05, 0.1) is 0 Å². The molecule has 2 heterocycles. The van der Waals surface area contributed by atoms with Crippen LogP contribution in [0.3, 0.4) is 0 Å². The minimum Gasteiger partial charge on any atom is -0.374 e. The van der Waals surface area contributed by atoms with Crippen molar-refractivity contribution in [3.63, 3.8) is 0 Å². The van der Waals surface area contributed by atoms with Crippen molar-refractivity contribution < 1.29 is 0 Å². The zero-order valence-corrected chi connectivity index (χ0v) is 12.4. The maximum atomic E-state index is 5.63. The smallest absolute Gasteiger partial charge is 0.209 e. The van der Waals surface area contributed by atoms with Gasteiger partial charge in [0.15, 0.2) is 0 Å². The first kappa shape index (κ1) is 13.2. The van der Waals surface area contributed by atoms with Crippen molar-refractivity contribution in [3.8, 4) is 0 Å². The summed E-state index contributed by atoms with van der Waals surface area (Å²) in [4.78, 5) is 4.61. The number of para-hydroxylation sites is 1. The molecule has 6 heteroatoms. The lowest BCUT2D eigenvalue weighted by Gasteiger charge is -2.21. The number of hydrogen-bond acceptors (Lipinski definition) is 6. The fourth-order valence-electron chi connectivity index (χ4n) is 2.70. The van der Waals surface area contributed by atoms with E-state index in [0.717, 1.165) is 24.8 Å². The molecule has 2 N–H and O–H groups in total. The van der Waals surface area contributed by atoms with Gasteiger partial charge in [-0.15, -0.1) is 10.2 Å². The van der Waals surface area contributed by atoms with Gasteiger partial charge in [0.2, 0.25) is 10.3 Å². The van der Waals surface area contributed by atoms with Gasteiger partial charge in [-0.2, -0.15) is 0 Å². The van der Waals surface area contributed by atoms with Gasteiger partial charge in [-0.05, 0) is 24.5 Å². The maximum Gasteiger partial charge on any atom is 0.209 e. The summed E-state index contributed by atoms with van der Waals surface area (Å²) < 4.78 is 0. The van der Waals surface area contributed by atoms with Gasteiger partial charge in [0, 0.05) is 32.4 Å². The van der Waals surface area contributed by atoms with Crippen molar-refractivity contribution >= 4 is 27.3 Å². The Bertz CT molecular complexity index is 556. The van der Waals surface area contributed by atoms with Crippen molar-refractivity contribution in [3.05, 3.63) is 30.3 Å². The molecule has 0 aliphatic carbocycles. The normalized spacial score (nSPS) is 18.4. The summed E-state index contributed by atoms with van der Waals surface area (Å²) in [5, 5.41) is 9.39. The Balaban J connectivity index is 1.58. The summed E-state index contributed by atoms with van der Waals surface area (Å²) in [6.07, 6.45) is 1.22. The fourth-order valence-corrected chi connectivity index (χ4v) is 3.28. The summed E-state index contributed by atoms with van der Waals surface area (Å²) >= 11 is 1.44. The Morgan fingerprint density at radius 1 is 1.35 bits per heavy atom. The lowest BCUT2D eigenvalue weighted by atomic mass is 10.1. The van der Waals surface area contributed by atoms with Gasteiger partial charge in [-0.3, -0.25) is 0 Å². The van der Waals surface area contributed by atoms with Crippen LogP contribution >= 0.6 is 11.3 Å². The lowest BCUT2D eigenvalue weighted by molar-refractivity contribution is 0.583. The molecule has 1 unspecified atom stereocenters. The number of nitrogen functional groups attached to an aromatic ring is 1. The molecule has 0 bridgehead atoms. The molecular formula is C14H19N5S. The van der Waals surface area contributed by atoms with Crippen LogP contribution in [0.5, 0.6) is 0 Å². The van der Waals surface area contributed by atoms with Gasteiger partial charge < -0.3 is 15.5 Å². The first-order valence-electron chi connectivity index (χ1n) is 6.82. The van der Waals surface area contributed by atoms with Crippen LogP contribution in [0.15, 0.2) is 30.3 Å². The standard InChI is InChI=1S/C14H19N5S/c1-18(14-17-16-13(15)20-14)9-11-7-8-19(10-11)12-5-3-2-4-6-12/h2-6,11H,7-10H2,1H3,(H2,15,16). The summed E-state index contributed by atoms with van der Waals surface area (Å²) in [6, 6.07) is 10.6. The third-order valence-electron chi connectivity index (χ3n) is 3.70. The second-order valence-corrected chi connectivity index (χ2v) is 6.23. The van der Waals surface area contributed by atoms with Crippen LogP contribution in [-0.4, -0.2) is 36.9 Å². The van der Waals surface area contributed by atoms with E-state index in [1.54, 1.807) is 0 Å². The molecule has 1 fully saturated rings. The molecule has 0 amide bonds. The predicted molar refractivity (Wildman–Crippen MR) is 84.4 cm³/mol. The molecule has 0 spiro atoms. The van der Waals surface area contributed by atoms with Crippen LogP contribution in [0, 0.1) is 5.92 Å². The topological polar surface area (TPSA) is 58.3 Å². The monoisotopic (exact) mass is 289 g/mol. The number of nitrogens with two attached hydrogens (primary N) is 1. The predicted octanol–water partition coefficient (Wildman–Crippen LogP) is 2.08. The third-order valence-corrected chi connectivity index (χ3v) is 4.56. The second kappa shape index (κ2) is 5.66. The Morgan fingerprint density at radius 2 is 2.15 bits per heavy atom. The minimum absolute atomic E-state index is 0.532. The highest BCUT2D eigenvalue weighted by Gasteiger charge is 2.24. The molecule has 1 aromatic heterocycles. The highest BCUT2D eigenvalue weighted by Crippen LogP contribution is 2.26. The zero-order chi connectivity index (χ0) is 13.9. The van der Waals surface area contributed by atoms with Crippen molar-refractivity contribution in [1.29, 1.82) is 0 Å². The Hall–Kier alpha value is -1.82. The molecule has 2 aromatic rings. The largest absolute Gasteiger partial charge is 0.374 e. The maximum absolute atomic E-state index is 5.63. The average Bonchev–Trinajstić information content (AvgIpc) is 3.09. The van der Waals surface area contributed by atoms with E-state index in [1.807, 2.05) is 0 Å². The molecular weight excluding hydrogens is 270 g/mol. The van der Waals surface area contributed by atoms with E-state index < -0.39 is 0 Å². The molecule has 1 atom stereocenters. The molecule has 1 aliphatic heterocycles. The number of nitrogens with zero attached hydrogens (tertiary/aromatic N) is 4. The number of anilines is 3. The van der Waals surface area contributed by atoms with Gasteiger partial charge >= 0.3 is 0 Å². The van der Waals surface area contributed by atoms with E-state index in [1.165, 1.54) is 23.4 Å². The van der Waals surface area contributed by atoms with Gasteiger partial charge in [0.25, 0.3) is 0 Å². The SMILES string of the molecule is CN(CC1CCN(c2ccccc2)C1)c1nnc(N)s1. The van der Waals surface area contributed by atoms with Gasteiger partial charge in [0.1, 0.15) is 0 Å². The first-order valence-corrected chi connectivity index (χ1v) is 7.64. The number of benzene rings is 1. The summed E-state index contributed by atoms with van der Waals surface area (Å²) in [5.74, 6) is 0.658. The second-order valence-electron chi connectivity index (χ2n) is 5.24. The quantitative estimate of drug-likeness (QED) is 0.934. The lowest BCUT2D eigenvalue weighted by Crippen LogP contribution is -2.28. The Morgan fingerprint density at radius 3 is 2.85 bits per heavy atom. The molecule has 0 saturated carbocycles. The van der Waals surface area contributed by atoms with Crippen LogP contribution in [0.4, 0.5) is 16.0 Å². The third kappa shape index (κ3) is 2.85. The van der Waals surface area contributed by atoms with E-state index >= 15 is 0 Å². The van der Waals surface area contributed by atoms with Crippen LogP contribution in [-0.2, 0) is 0 Å². The van der Waals surface area contributed by atoms with E-state index in [9.17, 15) is 0 Å². The molecule has 1 saturated heterocycles. The van der Waals surface area contributed by atoms with Crippen LogP contribution < -0.4 is 15.5 Å². The highest BCUT2D eigenvalue weighted by molar-refractivity contribution is 7.18. The van der Waals surface area contributed by atoms with Crippen LogP contribution in [0.2, 0.25) is 0 Å². The van der Waals surface area contributed by atoms with E-state index in [-0.39, 0.29) is 0 Å². The van der Waals surface area contributed by atoms with E-state index in [0.29, 0.717) is 11.0 Å². The summed E-state index contributed by atoms with van der Waals surface area (Å²) in [7, 11) is 2.06. The molecule has 1 aromatic carbocycles. The van der Waals surface area contributed by atoms with Crippen LogP contribution in [0.25, 0.3) is 0 Å². The number of aromatic nitrogens is 2. The van der Waals surface area contributed by atoms with Crippen LogP contribution in [0.1, 0.15) is 6.42 Å². The van der Waals surface area contributed by atoms with Gasteiger partial charge in [-0.1, -0.05) is 29.5 Å². The molecule has 20 heavy (non-hydrogen) atoms. The minimum atomic E-state index is 0.532. The highest BCUT2D eigenvalue weighted by atomic mass is 32.1. The van der Waals surface area contributed by atoms with E-state index in [2.05, 4.69) is 57.4 Å². The van der Waals surface area contributed by atoms with Gasteiger partial charge in [-0.25, -0.2) is 0 Å². The van der Waals surface area contributed by atoms with Crippen molar-refractivity contribution in [1.82, 2.24) is 10.2 Å². The molecule has 1 aliphatic rings. The number of hydrogen-bond donors (Lipinski definition) is 1. The van der Waals surface area contributed by atoms with Crippen molar-refractivity contribution in [2.75, 3.05) is 42.2 Å². The molecule has 3 rings (SSSR count). The Labute approximate surface area is 123 Å². The van der Waals surface area contributed by atoms with E-state index in [4.69, 9.17) is 5.73 Å². The number of rotatable bonds is 4. The molecule has 5 nitrogen and oxygen atoms in total. The zero-order valence-electron chi connectivity index (χ0n) is 11.6. The van der Waals surface area contributed by atoms with Crippen molar-refractivity contribution in [2.24, 2.45) is 5.92 Å².